The third kappa shape index (κ3) is 3.19. The van der Waals surface area contributed by atoms with Crippen LogP contribution in [0.15, 0.2) is 51.4 Å². The van der Waals surface area contributed by atoms with Crippen LogP contribution in [0.1, 0.15) is 5.56 Å². The Balaban J connectivity index is 1.55. The van der Waals surface area contributed by atoms with E-state index in [0.717, 1.165) is 30.4 Å². The third-order valence-electron chi connectivity index (χ3n) is 3.08. The number of benzene rings is 1. The van der Waals surface area contributed by atoms with Gasteiger partial charge in [0.15, 0.2) is 4.34 Å². The maximum absolute atomic E-state index is 4.36. The van der Waals surface area contributed by atoms with Crippen LogP contribution in [0.4, 0.5) is 10.8 Å². The number of thiophene rings is 1. The third-order valence-corrected chi connectivity index (χ3v) is 5.81. The molecule has 0 bridgehead atoms. The van der Waals surface area contributed by atoms with Gasteiger partial charge in [0.05, 0.1) is 0 Å². The molecular weight excluding hydrogens is 346 g/mol. The van der Waals surface area contributed by atoms with Crippen LogP contribution in [-0.4, -0.2) is 20.2 Å². The Labute approximate surface area is 144 Å². The average Bonchev–Trinajstić information content (AvgIpc) is 3.17. The topological polar surface area (TPSA) is 63.6 Å². The van der Waals surface area contributed by atoms with E-state index in [-0.39, 0.29) is 0 Å². The lowest BCUT2D eigenvalue weighted by atomic mass is 10.2. The van der Waals surface area contributed by atoms with Crippen LogP contribution in [0.5, 0.6) is 0 Å². The Morgan fingerprint density at radius 3 is 3.00 bits per heavy atom. The smallest absolute Gasteiger partial charge is 0.210 e. The Morgan fingerprint density at radius 2 is 2.09 bits per heavy atom. The number of hydrogen-bond acceptors (Lipinski definition) is 8. The minimum absolute atomic E-state index is 0.772. The number of aryl methyl sites for hydroxylation is 1. The quantitative estimate of drug-likeness (QED) is 0.532. The molecule has 0 aliphatic heterocycles. The van der Waals surface area contributed by atoms with Gasteiger partial charge in [0.25, 0.3) is 0 Å². The Kier molecular flexibility index (Phi) is 3.94. The Hall–Kier alpha value is -2.03. The highest BCUT2D eigenvalue weighted by Crippen LogP contribution is 2.35. The average molecular weight is 357 g/mol. The van der Waals surface area contributed by atoms with E-state index < -0.39 is 0 Å². The zero-order chi connectivity index (χ0) is 15.6. The second kappa shape index (κ2) is 6.23. The lowest BCUT2D eigenvalue weighted by molar-refractivity contribution is 1.01. The van der Waals surface area contributed by atoms with Crippen molar-refractivity contribution in [3.05, 3.63) is 47.6 Å². The van der Waals surface area contributed by atoms with Gasteiger partial charge in [0.1, 0.15) is 16.2 Å². The molecule has 5 nitrogen and oxygen atoms in total. The summed E-state index contributed by atoms with van der Waals surface area (Å²) in [4.78, 5) is 9.61. The summed E-state index contributed by atoms with van der Waals surface area (Å²) in [5.74, 6) is 0. The number of hydrogen-bond donors (Lipinski definition) is 1. The SMILES string of the molecule is Cc1cccc(Nc2nnc(Sc3ncnc4sccc34)s2)c1. The first-order chi connectivity index (χ1) is 11.3. The van der Waals surface area contributed by atoms with Gasteiger partial charge in [0, 0.05) is 11.1 Å². The van der Waals surface area contributed by atoms with Gasteiger partial charge in [-0.2, -0.15) is 0 Å². The number of anilines is 2. The van der Waals surface area contributed by atoms with Gasteiger partial charge in [-0.1, -0.05) is 23.5 Å². The van der Waals surface area contributed by atoms with Crippen molar-refractivity contribution >= 4 is 55.5 Å². The van der Waals surface area contributed by atoms with E-state index >= 15 is 0 Å². The van der Waals surface area contributed by atoms with Gasteiger partial charge >= 0.3 is 0 Å². The van der Waals surface area contributed by atoms with E-state index in [4.69, 9.17) is 0 Å². The fraction of sp³-hybridized carbons (Fsp3) is 0.0667. The molecule has 0 saturated carbocycles. The molecule has 1 aromatic carbocycles. The van der Waals surface area contributed by atoms with Crippen LogP contribution in [0.25, 0.3) is 10.2 Å². The molecule has 1 N–H and O–H groups in total. The molecule has 0 aliphatic rings. The zero-order valence-corrected chi connectivity index (χ0v) is 14.5. The Morgan fingerprint density at radius 1 is 1.13 bits per heavy atom. The molecule has 3 aromatic heterocycles. The van der Waals surface area contributed by atoms with Crippen LogP contribution in [0.2, 0.25) is 0 Å². The van der Waals surface area contributed by atoms with Gasteiger partial charge in [-0.05, 0) is 47.8 Å². The Bertz CT molecular complexity index is 962. The maximum Gasteiger partial charge on any atom is 0.210 e. The first kappa shape index (κ1) is 14.6. The molecule has 0 radical (unpaired) electrons. The monoisotopic (exact) mass is 357 g/mol. The minimum atomic E-state index is 0.772. The van der Waals surface area contributed by atoms with Gasteiger partial charge in [-0.15, -0.1) is 21.5 Å². The molecule has 0 saturated heterocycles. The summed E-state index contributed by atoms with van der Waals surface area (Å²) in [6, 6.07) is 10.2. The number of rotatable bonds is 4. The second-order valence-corrected chi connectivity index (χ2v) is 7.90. The molecule has 114 valence electrons. The molecule has 4 rings (SSSR count). The molecule has 4 aromatic rings. The van der Waals surface area contributed by atoms with E-state index in [1.165, 1.54) is 28.7 Å². The summed E-state index contributed by atoms with van der Waals surface area (Å²) >= 11 is 4.64. The number of aromatic nitrogens is 4. The van der Waals surface area contributed by atoms with Crippen LogP contribution < -0.4 is 5.32 Å². The van der Waals surface area contributed by atoms with E-state index in [1.54, 1.807) is 17.7 Å². The number of nitrogens with one attached hydrogen (secondary N) is 1. The lowest BCUT2D eigenvalue weighted by Crippen LogP contribution is -1.89. The van der Waals surface area contributed by atoms with Crippen molar-refractivity contribution in [1.82, 2.24) is 20.2 Å². The first-order valence-electron chi connectivity index (χ1n) is 6.81. The molecule has 0 fully saturated rings. The summed E-state index contributed by atoms with van der Waals surface area (Å²) in [5, 5.41) is 16.5. The molecule has 0 amide bonds. The lowest BCUT2D eigenvalue weighted by Gasteiger charge is -2.01. The molecule has 0 unspecified atom stereocenters. The van der Waals surface area contributed by atoms with E-state index in [0.29, 0.717) is 0 Å². The van der Waals surface area contributed by atoms with E-state index in [2.05, 4.69) is 44.5 Å². The summed E-state index contributed by atoms with van der Waals surface area (Å²) in [5.41, 5.74) is 2.22. The van der Waals surface area contributed by atoms with Gasteiger partial charge in [0.2, 0.25) is 5.13 Å². The largest absolute Gasteiger partial charge is 0.330 e. The molecule has 3 heterocycles. The zero-order valence-electron chi connectivity index (χ0n) is 12.1. The van der Waals surface area contributed by atoms with Gasteiger partial charge < -0.3 is 5.32 Å². The van der Waals surface area contributed by atoms with E-state index in [9.17, 15) is 0 Å². The van der Waals surface area contributed by atoms with Gasteiger partial charge in [-0.25, -0.2) is 9.97 Å². The van der Waals surface area contributed by atoms with Crippen molar-refractivity contribution in [2.75, 3.05) is 5.32 Å². The van der Waals surface area contributed by atoms with Crippen LogP contribution >= 0.6 is 34.4 Å². The van der Waals surface area contributed by atoms with Crippen molar-refractivity contribution in [2.24, 2.45) is 0 Å². The fourth-order valence-corrected chi connectivity index (χ4v) is 4.64. The number of nitrogens with zero attached hydrogens (tertiary/aromatic N) is 4. The summed E-state index contributed by atoms with van der Waals surface area (Å²) in [7, 11) is 0. The molecular formula is C15H11N5S3. The standard InChI is InChI=1S/C15H11N5S3/c1-9-3-2-4-10(7-9)18-14-19-20-15(23-14)22-13-11-5-6-21-12(11)16-8-17-13/h2-8H,1H3,(H,18,19). The van der Waals surface area contributed by atoms with Crippen molar-refractivity contribution in [3.8, 4) is 0 Å². The second-order valence-electron chi connectivity index (χ2n) is 4.79. The summed E-state index contributed by atoms with van der Waals surface area (Å²) in [6.45, 7) is 2.06. The minimum Gasteiger partial charge on any atom is -0.330 e. The predicted molar refractivity (Wildman–Crippen MR) is 95.9 cm³/mol. The highest BCUT2D eigenvalue weighted by molar-refractivity contribution is 8.01. The molecule has 0 aliphatic carbocycles. The fourth-order valence-electron chi connectivity index (χ4n) is 2.08. The molecule has 23 heavy (non-hydrogen) atoms. The molecule has 8 heteroatoms. The van der Waals surface area contributed by atoms with Gasteiger partial charge in [-0.3, -0.25) is 0 Å². The maximum atomic E-state index is 4.36. The van der Waals surface area contributed by atoms with Crippen LogP contribution in [0, 0.1) is 6.92 Å². The molecule has 0 atom stereocenters. The first-order valence-corrected chi connectivity index (χ1v) is 9.32. The van der Waals surface area contributed by atoms with Crippen molar-refractivity contribution in [2.45, 2.75) is 16.3 Å². The summed E-state index contributed by atoms with van der Waals surface area (Å²) in [6.07, 6.45) is 1.59. The van der Waals surface area contributed by atoms with E-state index in [1.807, 2.05) is 23.6 Å². The predicted octanol–water partition coefficient (Wildman–Crippen LogP) is 4.75. The van der Waals surface area contributed by atoms with Crippen molar-refractivity contribution < 1.29 is 0 Å². The molecule has 0 spiro atoms. The van der Waals surface area contributed by atoms with Crippen molar-refractivity contribution in [3.63, 3.8) is 0 Å². The van der Waals surface area contributed by atoms with Crippen LogP contribution in [-0.2, 0) is 0 Å². The summed E-state index contributed by atoms with van der Waals surface area (Å²) < 4.78 is 0.853. The highest BCUT2D eigenvalue weighted by atomic mass is 32.2. The van der Waals surface area contributed by atoms with Crippen molar-refractivity contribution in [1.29, 1.82) is 0 Å². The normalized spacial score (nSPS) is 11.0. The van der Waals surface area contributed by atoms with Crippen LogP contribution in [0.3, 0.4) is 0 Å². The highest BCUT2D eigenvalue weighted by Gasteiger charge is 2.11. The number of fused-ring (bicyclic) bond motifs is 1.